The van der Waals surface area contributed by atoms with Gasteiger partial charge in [-0.15, -0.1) is 34.5 Å². The third-order valence-electron chi connectivity index (χ3n) is 2.08. The van der Waals surface area contributed by atoms with Gasteiger partial charge in [0.15, 0.2) is 0 Å². The Balaban J connectivity index is 2.77. The van der Waals surface area contributed by atoms with Gasteiger partial charge in [0, 0.05) is 12.9 Å². The quantitative estimate of drug-likeness (QED) is 0.331. The van der Waals surface area contributed by atoms with E-state index in [1.165, 1.54) is 27.2 Å². The second-order valence-electron chi connectivity index (χ2n) is 4.21. The van der Waals surface area contributed by atoms with E-state index in [2.05, 4.69) is 4.52 Å². The number of para-hydroxylation sites is 1. The van der Waals surface area contributed by atoms with Crippen LogP contribution in [0.1, 0.15) is 0 Å². The Bertz CT molecular complexity index is 903. The number of benzene rings is 1. The molecule has 0 amide bonds. The summed E-state index contributed by atoms with van der Waals surface area (Å²) in [4.78, 5) is 0.151. The molecular weight excluding hydrogens is 484 g/mol. The van der Waals surface area contributed by atoms with Crippen LogP contribution in [0.3, 0.4) is 0 Å². The molecule has 1 aromatic rings. The van der Waals surface area contributed by atoms with E-state index in [4.69, 9.17) is 0 Å². The third-order valence-corrected chi connectivity index (χ3v) is 11.5. The van der Waals surface area contributed by atoms with E-state index in [-0.39, 0.29) is 4.86 Å². The standard InChI is InChI=1S/C6H6F9N5OP5/c7-22(8)16-23(9,10)18-25(13,14)20-26(15,19-24(11,12)17-22)21-6-4-2-1-3-5-6/h1-5,17H/q+1. The molecule has 0 fully saturated rings. The van der Waals surface area contributed by atoms with Crippen molar-refractivity contribution < 1.29 is 42.3 Å². The second kappa shape index (κ2) is 7.26. The molecule has 2 rings (SSSR count). The van der Waals surface area contributed by atoms with Gasteiger partial charge in [-0.25, -0.2) is 0 Å². The first-order valence-electron chi connectivity index (χ1n) is 5.87. The second-order valence-corrected chi connectivity index (χ2v) is 12.8. The average Bonchev–Trinajstić information content (AvgIpc) is 2.30. The molecule has 0 spiro atoms. The van der Waals surface area contributed by atoms with Crippen LogP contribution in [-0.2, 0) is 0 Å². The number of nitrogens with zero attached hydrogens (tertiary/aromatic N) is 4. The molecule has 1 aliphatic rings. The lowest BCUT2D eigenvalue weighted by Crippen LogP contribution is -1.99. The van der Waals surface area contributed by atoms with Gasteiger partial charge in [0.25, 0.3) is 0 Å². The molecule has 1 aromatic carbocycles. The van der Waals surface area contributed by atoms with E-state index in [9.17, 15) is 37.8 Å². The van der Waals surface area contributed by atoms with Gasteiger partial charge in [0.05, 0.1) is 0 Å². The fourth-order valence-electron chi connectivity index (χ4n) is 1.43. The minimum absolute atomic E-state index is 0.151. The largest absolute Gasteiger partial charge is 0.597 e. The SMILES string of the molecule is FP1(F)=NP(F)(F)=N[P+](F)(F)NP(F)(F)=NP(F)(Oc2ccccc2)=N1. The summed E-state index contributed by atoms with van der Waals surface area (Å²) in [6.07, 6.45) is 0. The molecule has 0 radical (unpaired) electrons. The van der Waals surface area contributed by atoms with Gasteiger partial charge in [-0.2, -0.15) is 8.39 Å². The molecule has 0 saturated carbocycles. The lowest BCUT2D eigenvalue weighted by Gasteiger charge is -2.15. The number of hydrogen-bond acceptors (Lipinski definition) is 6. The number of rotatable bonds is 2. The minimum atomic E-state index is -6.76. The van der Waals surface area contributed by atoms with Gasteiger partial charge in [-0.3, -0.25) is 0 Å². The van der Waals surface area contributed by atoms with Crippen molar-refractivity contribution in [2.75, 3.05) is 0 Å². The van der Waals surface area contributed by atoms with Crippen LogP contribution in [-0.4, -0.2) is 0 Å². The first-order chi connectivity index (χ1) is 11.6. The summed E-state index contributed by atoms with van der Waals surface area (Å²) in [6, 6.07) is 5.66. The minimum Gasteiger partial charge on any atom is -0.419 e. The molecule has 0 aliphatic carbocycles. The summed E-state index contributed by atoms with van der Waals surface area (Å²) in [5.41, 5.74) is 0. The van der Waals surface area contributed by atoms with Gasteiger partial charge >= 0.3 is 39.4 Å². The summed E-state index contributed by atoms with van der Waals surface area (Å²) >= 11 is 0. The smallest absolute Gasteiger partial charge is 0.419 e. The highest BCUT2D eigenvalue weighted by molar-refractivity contribution is 7.82. The van der Waals surface area contributed by atoms with Gasteiger partial charge < -0.3 is 4.52 Å². The maximum atomic E-state index is 14.6. The van der Waals surface area contributed by atoms with E-state index in [0.29, 0.717) is 0 Å². The summed E-state index contributed by atoms with van der Waals surface area (Å²) in [7, 11) is -32.7. The molecule has 1 aliphatic heterocycles. The maximum absolute atomic E-state index is 14.6. The third kappa shape index (κ3) is 6.70. The first-order valence-corrected chi connectivity index (χ1v) is 13.4. The molecule has 1 unspecified atom stereocenters. The van der Waals surface area contributed by atoms with Crippen LogP contribution in [0.4, 0.5) is 37.8 Å². The zero-order valence-corrected chi connectivity index (χ0v) is 16.2. The molecule has 20 heteroatoms. The maximum Gasteiger partial charge on any atom is 0.597 e. The van der Waals surface area contributed by atoms with E-state index in [0.717, 1.165) is 12.1 Å². The molecular formula is C6H6F9N5OP5+. The Hall–Kier alpha value is -0.300. The van der Waals surface area contributed by atoms with Crippen molar-refractivity contribution in [2.24, 2.45) is 18.1 Å². The van der Waals surface area contributed by atoms with Gasteiger partial charge in [0.1, 0.15) is 5.75 Å². The number of halogens is 9. The molecule has 148 valence electrons. The van der Waals surface area contributed by atoms with Crippen molar-refractivity contribution in [2.45, 2.75) is 0 Å². The van der Waals surface area contributed by atoms with Crippen molar-refractivity contribution in [3.05, 3.63) is 30.3 Å². The average molecular weight is 490 g/mol. The number of hydrogen-bond donors (Lipinski definition) is 1. The zero-order valence-electron chi connectivity index (χ0n) is 11.7. The Kier molecular flexibility index (Phi) is 6.15. The van der Waals surface area contributed by atoms with Crippen molar-refractivity contribution >= 4 is 39.4 Å². The van der Waals surface area contributed by atoms with E-state index in [1.807, 2.05) is 9.03 Å². The normalized spacial score (nSPS) is 29.1. The Morgan fingerprint density at radius 1 is 0.808 bits per heavy atom. The van der Waals surface area contributed by atoms with Crippen molar-refractivity contribution in [1.29, 1.82) is 0 Å². The van der Waals surface area contributed by atoms with Gasteiger partial charge in [-0.1, -0.05) is 18.2 Å². The van der Waals surface area contributed by atoms with Crippen LogP contribution in [0.15, 0.2) is 48.4 Å². The van der Waals surface area contributed by atoms with Gasteiger partial charge in [-0.05, 0) is 17.0 Å². The highest BCUT2D eigenvalue weighted by Gasteiger charge is 2.55. The summed E-state index contributed by atoms with van der Waals surface area (Å²) in [6.45, 7) is 0. The van der Waals surface area contributed by atoms with Crippen LogP contribution in [0, 0.1) is 0 Å². The zero-order chi connectivity index (χ0) is 19.9. The topological polar surface area (TPSA) is 70.7 Å². The highest BCUT2D eigenvalue weighted by atomic mass is 31.3. The van der Waals surface area contributed by atoms with E-state index >= 15 is 0 Å². The lowest BCUT2D eigenvalue weighted by atomic mass is 10.3. The van der Waals surface area contributed by atoms with Crippen LogP contribution in [0.25, 0.3) is 0 Å². The molecule has 1 atom stereocenters. The van der Waals surface area contributed by atoms with Crippen LogP contribution in [0.2, 0.25) is 0 Å². The molecule has 0 bridgehead atoms. The van der Waals surface area contributed by atoms with E-state index in [1.54, 1.807) is 0 Å². The summed E-state index contributed by atoms with van der Waals surface area (Å²) in [5, 5.41) is 0. The Labute approximate surface area is 141 Å². The Morgan fingerprint density at radius 3 is 1.96 bits per heavy atom. The predicted octanol–water partition coefficient (Wildman–Crippen LogP) is 9.86. The van der Waals surface area contributed by atoms with Crippen molar-refractivity contribution in [3.8, 4) is 5.75 Å². The Morgan fingerprint density at radius 2 is 1.38 bits per heavy atom. The summed E-state index contributed by atoms with van der Waals surface area (Å²) in [5.74, 6) is -0.597. The van der Waals surface area contributed by atoms with E-state index < -0.39 is 45.2 Å². The van der Waals surface area contributed by atoms with Crippen LogP contribution in [0.5, 0.6) is 5.75 Å². The van der Waals surface area contributed by atoms with Crippen LogP contribution < -0.4 is 9.38 Å². The molecule has 6 nitrogen and oxygen atoms in total. The number of nitrogens with one attached hydrogen (secondary N) is 1. The fraction of sp³-hybridized carbons (Fsp3) is 0. The molecule has 26 heavy (non-hydrogen) atoms. The molecule has 1 N–H and O–H groups in total. The van der Waals surface area contributed by atoms with Crippen molar-refractivity contribution in [1.82, 2.24) is 4.86 Å². The summed E-state index contributed by atoms with van der Waals surface area (Å²) < 4.78 is 133. The lowest BCUT2D eigenvalue weighted by molar-refractivity contribution is 0.549. The van der Waals surface area contributed by atoms with Crippen molar-refractivity contribution in [3.63, 3.8) is 0 Å². The van der Waals surface area contributed by atoms with Crippen LogP contribution >= 0.6 is 39.4 Å². The monoisotopic (exact) mass is 490 g/mol. The van der Waals surface area contributed by atoms with Gasteiger partial charge in [0.2, 0.25) is 0 Å². The highest BCUT2D eigenvalue weighted by Crippen LogP contribution is 2.83. The molecule has 1 heterocycles. The first kappa shape index (κ1) is 22.0. The fourth-order valence-corrected chi connectivity index (χ4v) is 9.99. The molecule has 0 saturated heterocycles. The molecule has 0 aromatic heterocycles. The predicted molar refractivity (Wildman–Crippen MR) is 84.5 cm³/mol.